The highest BCUT2D eigenvalue weighted by Crippen LogP contribution is 2.44. The molecule has 2 aliphatic rings. The van der Waals surface area contributed by atoms with Crippen molar-refractivity contribution in [3.05, 3.63) is 60.2 Å². The second-order valence-electron chi connectivity index (χ2n) is 8.99. The van der Waals surface area contributed by atoms with Crippen molar-refractivity contribution in [1.82, 2.24) is 20.2 Å². The lowest BCUT2D eigenvalue weighted by molar-refractivity contribution is -0.193. The van der Waals surface area contributed by atoms with Gasteiger partial charge in [-0.15, -0.1) is 0 Å². The Morgan fingerprint density at radius 3 is 2.20 bits per heavy atom. The van der Waals surface area contributed by atoms with Crippen LogP contribution in [0.1, 0.15) is 17.7 Å². The number of nitrogens with one attached hydrogen (secondary N) is 1. The Morgan fingerprint density at radius 1 is 1.02 bits per heavy atom. The highest BCUT2D eigenvalue weighted by molar-refractivity contribution is 5.77. The average molecular weight is 580 g/mol. The predicted molar refractivity (Wildman–Crippen MR) is 124 cm³/mol. The number of fused-ring (bicyclic) bond motifs is 1. The molecule has 2 atom stereocenters. The molecule has 3 N–H and O–H groups in total. The molecule has 2 aromatic heterocycles. The number of carbonyl (C=O) groups excluding carboxylic acids is 1. The van der Waals surface area contributed by atoms with E-state index in [1.54, 1.807) is 12.4 Å². The highest BCUT2D eigenvalue weighted by Gasteiger charge is 2.51. The number of pyridine rings is 2. The number of nitrogens with zero attached hydrogens (tertiary/aromatic N) is 3. The van der Waals surface area contributed by atoms with E-state index in [0.717, 1.165) is 31.9 Å². The van der Waals surface area contributed by atoms with Crippen LogP contribution < -0.4 is 5.32 Å². The Bertz CT molecular complexity index is 1100. The van der Waals surface area contributed by atoms with Gasteiger partial charge in [-0.1, -0.05) is 12.1 Å². The third kappa shape index (κ3) is 10.4. The third-order valence-corrected chi connectivity index (χ3v) is 5.91. The maximum absolute atomic E-state index is 12.6. The van der Waals surface area contributed by atoms with Crippen LogP contribution in [0.15, 0.2) is 48.9 Å². The number of aromatic nitrogens is 2. The van der Waals surface area contributed by atoms with E-state index in [9.17, 15) is 31.1 Å². The number of alkyl halides is 6. The van der Waals surface area contributed by atoms with Crippen molar-refractivity contribution in [2.75, 3.05) is 26.3 Å². The Labute approximate surface area is 224 Å². The molecule has 0 unspecified atom stereocenters. The van der Waals surface area contributed by atoms with E-state index in [0.29, 0.717) is 25.5 Å². The molecule has 4 rings (SSSR count). The van der Waals surface area contributed by atoms with Gasteiger partial charge >= 0.3 is 24.3 Å². The zero-order chi connectivity index (χ0) is 30.0. The van der Waals surface area contributed by atoms with Crippen molar-refractivity contribution in [3.8, 4) is 0 Å². The predicted octanol–water partition coefficient (Wildman–Crippen LogP) is 2.90. The van der Waals surface area contributed by atoms with Gasteiger partial charge in [-0.25, -0.2) is 9.59 Å². The standard InChI is InChI=1S/C20H24N4O2.2C2HF3O2/c25-19(23-10-18-5-1-2-7-22-18)8-20-14-24(12-17(20)13-26-15-20)11-16-4-3-6-21-9-16;2*3-2(4,5)1(6)7/h1-7,9,17H,8,10-15H2,(H,23,25);2*(H,6,7)/t17-,20+;;/m1../s1. The van der Waals surface area contributed by atoms with E-state index in [-0.39, 0.29) is 11.3 Å². The number of rotatable bonds is 6. The lowest BCUT2D eigenvalue weighted by Crippen LogP contribution is -2.37. The monoisotopic (exact) mass is 580 g/mol. The number of halogens is 6. The fraction of sp³-hybridized carbons (Fsp3) is 0.458. The topological polar surface area (TPSA) is 142 Å². The zero-order valence-electron chi connectivity index (χ0n) is 20.8. The SMILES string of the molecule is O=C(C[C@]12COC[C@H]1CN(Cc1cccnc1)C2)NCc1ccccn1.O=C(O)C(F)(F)F.O=C(O)C(F)(F)F. The first-order valence-electron chi connectivity index (χ1n) is 11.6. The van der Waals surface area contributed by atoms with Gasteiger partial charge in [0.05, 0.1) is 25.5 Å². The first-order valence-corrected chi connectivity index (χ1v) is 11.6. The Morgan fingerprint density at radius 2 is 1.68 bits per heavy atom. The summed E-state index contributed by atoms with van der Waals surface area (Å²) in [6, 6.07) is 9.80. The van der Waals surface area contributed by atoms with E-state index in [1.165, 1.54) is 5.56 Å². The second kappa shape index (κ2) is 14.0. The number of ether oxygens (including phenoxy) is 1. The molecule has 1 amide bonds. The van der Waals surface area contributed by atoms with Crippen molar-refractivity contribution in [1.29, 1.82) is 0 Å². The first kappa shape index (κ1) is 32.4. The van der Waals surface area contributed by atoms with Crippen molar-refractivity contribution in [2.24, 2.45) is 11.3 Å². The summed E-state index contributed by atoms with van der Waals surface area (Å²) in [5.41, 5.74) is 2.02. The second-order valence-corrected chi connectivity index (χ2v) is 8.99. The van der Waals surface area contributed by atoms with Gasteiger partial charge in [-0.05, 0) is 23.8 Å². The van der Waals surface area contributed by atoms with Crippen LogP contribution in [0.4, 0.5) is 26.3 Å². The normalized spacial score (nSPS) is 20.3. The molecule has 10 nitrogen and oxygen atoms in total. The summed E-state index contributed by atoms with van der Waals surface area (Å²) in [4.78, 5) is 41.2. The van der Waals surface area contributed by atoms with Crippen LogP contribution >= 0.6 is 0 Å². The maximum Gasteiger partial charge on any atom is 0.490 e. The van der Waals surface area contributed by atoms with Crippen molar-refractivity contribution in [3.63, 3.8) is 0 Å². The van der Waals surface area contributed by atoms with Crippen LogP contribution in [0.2, 0.25) is 0 Å². The molecule has 0 saturated carbocycles. The number of carboxylic acid groups (broad SMARTS) is 2. The van der Waals surface area contributed by atoms with Crippen LogP contribution in [-0.2, 0) is 32.2 Å². The van der Waals surface area contributed by atoms with Gasteiger partial charge < -0.3 is 20.3 Å². The molecule has 220 valence electrons. The summed E-state index contributed by atoms with van der Waals surface area (Å²) in [6.07, 6.45) is -4.21. The van der Waals surface area contributed by atoms with Gasteiger partial charge in [0.2, 0.25) is 5.91 Å². The quantitative estimate of drug-likeness (QED) is 0.440. The molecule has 4 heterocycles. The van der Waals surface area contributed by atoms with Crippen LogP contribution in [0.3, 0.4) is 0 Å². The molecule has 0 radical (unpaired) electrons. The van der Waals surface area contributed by atoms with E-state index >= 15 is 0 Å². The minimum atomic E-state index is -5.08. The van der Waals surface area contributed by atoms with E-state index < -0.39 is 24.3 Å². The molecule has 0 bridgehead atoms. The van der Waals surface area contributed by atoms with Gasteiger partial charge in [0, 0.05) is 56.0 Å². The fourth-order valence-electron chi connectivity index (χ4n) is 4.14. The summed E-state index contributed by atoms with van der Waals surface area (Å²) in [5.74, 6) is -5.02. The maximum atomic E-state index is 12.6. The smallest absolute Gasteiger partial charge is 0.475 e. The molecule has 0 aromatic carbocycles. The lowest BCUT2D eigenvalue weighted by atomic mass is 9.78. The van der Waals surface area contributed by atoms with Crippen LogP contribution in [0, 0.1) is 11.3 Å². The summed E-state index contributed by atoms with van der Waals surface area (Å²) < 4.78 is 69.2. The van der Waals surface area contributed by atoms with Gasteiger partial charge in [0.1, 0.15) is 0 Å². The minimum absolute atomic E-state index is 0.0730. The molecule has 2 fully saturated rings. The summed E-state index contributed by atoms with van der Waals surface area (Å²) in [7, 11) is 0. The molecule has 0 aliphatic carbocycles. The van der Waals surface area contributed by atoms with Gasteiger partial charge in [0.15, 0.2) is 0 Å². The van der Waals surface area contributed by atoms with Gasteiger partial charge in [0.25, 0.3) is 0 Å². The number of carboxylic acids is 2. The van der Waals surface area contributed by atoms with E-state index in [1.807, 2.05) is 30.5 Å². The molecular weight excluding hydrogens is 554 g/mol. The van der Waals surface area contributed by atoms with E-state index in [4.69, 9.17) is 24.5 Å². The largest absolute Gasteiger partial charge is 0.490 e. The molecular formula is C24H26F6N4O6. The van der Waals surface area contributed by atoms with Gasteiger partial charge in [-0.3, -0.25) is 19.7 Å². The van der Waals surface area contributed by atoms with Crippen LogP contribution in [0.25, 0.3) is 0 Å². The molecule has 16 heteroatoms. The first-order chi connectivity index (χ1) is 18.6. The average Bonchev–Trinajstić information content (AvgIpc) is 3.39. The Balaban J connectivity index is 0.000000333. The molecule has 2 aliphatic heterocycles. The number of likely N-dealkylation sites (tertiary alicyclic amines) is 1. The highest BCUT2D eigenvalue weighted by atomic mass is 19.4. The molecule has 2 saturated heterocycles. The summed E-state index contributed by atoms with van der Waals surface area (Å²) in [5, 5.41) is 17.3. The summed E-state index contributed by atoms with van der Waals surface area (Å²) >= 11 is 0. The Hall–Kier alpha value is -3.79. The number of carbonyl (C=O) groups is 3. The van der Waals surface area contributed by atoms with Crippen molar-refractivity contribution in [2.45, 2.75) is 31.9 Å². The van der Waals surface area contributed by atoms with E-state index in [2.05, 4.69) is 26.3 Å². The minimum Gasteiger partial charge on any atom is -0.475 e. The number of hydrogen-bond donors (Lipinski definition) is 3. The van der Waals surface area contributed by atoms with Crippen LogP contribution in [0.5, 0.6) is 0 Å². The van der Waals surface area contributed by atoms with Gasteiger partial charge in [-0.2, -0.15) is 26.3 Å². The number of hydrogen-bond acceptors (Lipinski definition) is 7. The lowest BCUT2D eigenvalue weighted by Gasteiger charge is -2.26. The molecule has 2 aromatic rings. The Kier molecular flexibility index (Phi) is 11.4. The zero-order valence-corrected chi connectivity index (χ0v) is 20.8. The number of amides is 1. The fourth-order valence-corrected chi connectivity index (χ4v) is 4.14. The number of aliphatic carboxylic acids is 2. The van der Waals surface area contributed by atoms with Crippen LogP contribution in [-0.4, -0.2) is 81.6 Å². The summed E-state index contributed by atoms with van der Waals surface area (Å²) in [6.45, 7) is 4.63. The third-order valence-electron chi connectivity index (χ3n) is 5.91. The van der Waals surface area contributed by atoms with Crippen molar-refractivity contribution < 1.29 is 55.7 Å². The molecule has 40 heavy (non-hydrogen) atoms. The van der Waals surface area contributed by atoms with Crippen molar-refractivity contribution >= 4 is 17.8 Å². The molecule has 0 spiro atoms.